The highest BCUT2D eigenvalue weighted by molar-refractivity contribution is 4.95. The van der Waals surface area contributed by atoms with Gasteiger partial charge in [0.15, 0.2) is 0 Å². The SMILES string of the molecule is CC1C(O)C(N(C)C)CC2COCC21. The van der Waals surface area contributed by atoms with Crippen LogP contribution in [0.2, 0.25) is 0 Å². The summed E-state index contributed by atoms with van der Waals surface area (Å²) in [5.74, 6) is 1.63. The number of likely N-dealkylation sites (N-methyl/N-ethyl adjacent to an activating group) is 1. The number of ether oxygens (including phenoxy) is 1. The van der Waals surface area contributed by atoms with Crippen LogP contribution in [0.25, 0.3) is 0 Å². The van der Waals surface area contributed by atoms with E-state index in [-0.39, 0.29) is 6.10 Å². The minimum absolute atomic E-state index is 0.187. The molecular formula is C11H21NO2. The molecule has 5 atom stereocenters. The first-order valence-electron chi connectivity index (χ1n) is 5.53. The molecule has 1 saturated heterocycles. The predicted octanol–water partition coefficient (Wildman–Crippen LogP) is 0.580. The molecule has 3 heteroatoms. The fourth-order valence-electron chi connectivity index (χ4n) is 3.01. The van der Waals surface area contributed by atoms with Crippen molar-refractivity contribution in [3.63, 3.8) is 0 Å². The van der Waals surface area contributed by atoms with Gasteiger partial charge < -0.3 is 14.7 Å². The van der Waals surface area contributed by atoms with Crippen LogP contribution >= 0.6 is 0 Å². The summed E-state index contributed by atoms with van der Waals surface area (Å²) >= 11 is 0. The number of hydrogen-bond donors (Lipinski definition) is 1. The van der Waals surface area contributed by atoms with E-state index >= 15 is 0 Å². The van der Waals surface area contributed by atoms with Gasteiger partial charge in [-0.2, -0.15) is 0 Å². The van der Waals surface area contributed by atoms with Crippen LogP contribution < -0.4 is 0 Å². The second-order valence-electron chi connectivity index (χ2n) is 5.08. The molecule has 2 fully saturated rings. The Morgan fingerprint density at radius 2 is 2.00 bits per heavy atom. The summed E-state index contributed by atoms with van der Waals surface area (Å²) in [5.41, 5.74) is 0. The van der Waals surface area contributed by atoms with E-state index < -0.39 is 0 Å². The third kappa shape index (κ3) is 1.58. The molecule has 1 N–H and O–H groups in total. The van der Waals surface area contributed by atoms with Gasteiger partial charge in [0, 0.05) is 12.6 Å². The highest BCUT2D eigenvalue weighted by Gasteiger charge is 2.44. The third-order valence-corrected chi connectivity index (χ3v) is 4.06. The van der Waals surface area contributed by atoms with E-state index in [0.717, 1.165) is 19.6 Å². The van der Waals surface area contributed by atoms with E-state index in [1.165, 1.54) is 0 Å². The van der Waals surface area contributed by atoms with Crippen molar-refractivity contribution in [1.82, 2.24) is 4.90 Å². The van der Waals surface area contributed by atoms with Gasteiger partial charge in [0.2, 0.25) is 0 Å². The molecule has 1 heterocycles. The van der Waals surface area contributed by atoms with Gasteiger partial charge in [-0.25, -0.2) is 0 Å². The standard InChI is InChI=1S/C11H21NO2/c1-7-9-6-14-5-8(9)4-10(11(7)13)12(2)3/h7-11,13H,4-6H2,1-3H3. The molecule has 82 valence electrons. The zero-order valence-electron chi connectivity index (χ0n) is 9.31. The number of aliphatic hydroxyl groups is 1. The summed E-state index contributed by atoms with van der Waals surface area (Å²) in [4.78, 5) is 2.15. The van der Waals surface area contributed by atoms with Gasteiger partial charge in [-0.15, -0.1) is 0 Å². The van der Waals surface area contributed by atoms with Crippen molar-refractivity contribution in [2.45, 2.75) is 25.5 Å². The molecule has 2 rings (SSSR count). The van der Waals surface area contributed by atoms with Crippen molar-refractivity contribution in [2.24, 2.45) is 17.8 Å². The van der Waals surface area contributed by atoms with Crippen molar-refractivity contribution >= 4 is 0 Å². The molecule has 1 aliphatic heterocycles. The molecule has 0 aromatic heterocycles. The summed E-state index contributed by atoms with van der Waals surface area (Å²) < 4.78 is 5.51. The quantitative estimate of drug-likeness (QED) is 0.670. The highest BCUT2D eigenvalue weighted by Crippen LogP contribution is 2.40. The van der Waals surface area contributed by atoms with Crippen LogP contribution in [0, 0.1) is 17.8 Å². The van der Waals surface area contributed by atoms with Crippen LogP contribution in [-0.2, 0) is 4.74 Å². The average Bonchev–Trinajstić information content (AvgIpc) is 2.58. The minimum atomic E-state index is -0.187. The Labute approximate surface area is 86.0 Å². The van der Waals surface area contributed by atoms with E-state index in [9.17, 15) is 5.11 Å². The molecule has 1 saturated carbocycles. The molecule has 0 radical (unpaired) electrons. The Kier molecular flexibility index (Phi) is 2.82. The lowest BCUT2D eigenvalue weighted by Gasteiger charge is -2.42. The first kappa shape index (κ1) is 10.4. The average molecular weight is 199 g/mol. The monoisotopic (exact) mass is 199 g/mol. The van der Waals surface area contributed by atoms with Crippen molar-refractivity contribution in [1.29, 1.82) is 0 Å². The second-order valence-corrected chi connectivity index (χ2v) is 5.08. The fourth-order valence-corrected chi connectivity index (χ4v) is 3.01. The molecule has 0 aromatic rings. The summed E-state index contributed by atoms with van der Waals surface area (Å²) in [5, 5.41) is 10.2. The van der Waals surface area contributed by atoms with Gasteiger partial charge >= 0.3 is 0 Å². The maximum atomic E-state index is 10.2. The van der Waals surface area contributed by atoms with Gasteiger partial charge in [-0.1, -0.05) is 6.92 Å². The number of aliphatic hydroxyl groups excluding tert-OH is 1. The maximum Gasteiger partial charge on any atom is 0.0724 e. The topological polar surface area (TPSA) is 32.7 Å². The molecule has 5 unspecified atom stereocenters. The van der Waals surface area contributed by atoms with Gasteiger partial charge in [0.05, 0.1) is 12.7 Å². The zero-order valence-corrected chi connectivity index (χ0v) is 9.31. The number of hydrogen-bond acceptors (Lipinski definition) is 3. The van der Waals surface area contributed by atoms with Crippen LogP contribution in [0.4, 0.5) is 0 Å². The smallest absolute Gasteiger partial charge is 0.0724 e. The van der Waals surface area contributed by atoms with Crippen molar-refractivity contribution < 1.29 is 9.84 Å². The van der Waals surface area contributed by atoms with Crippen molar-refractivity contribution in [3.8, 4) is 0 Å². The lowest BCUT2D eigenvalue weighted by atomic mass is 9.70. The predicted molar refractivity (Wildman–Crippen MR) is 55.1 cm³/mol. The van der Waals surface area contributed by atoms with Crippen LogP contribution in [-0.4, -0.2) is 49.5 Å². The van der Waals surface area contributed by atoms with Gasteiger partial charge in [0.25, 0.3) is 0 Å². The Morgan fingerprint density at radius 1 is 1.29 bits per heavy atom. The van der Waals surface area contributed by atoms with Crippen LogP contribution in [0.1, 0.15) is 13.3 Å². The van der Waals surface area contributed by atoms with E-state index in [1.807, 2.05) is 0 Å². The Morgan fingerprint density at radius 3 is 2.64 bits per heavy atom. The lowest BCUT2D eigenvalue weighted by Crippen LogP contribution is -2.51. The van der Waals surface area contributed by atoms with E-state index in [2.05, 4.69) is 25.9 Å². The molecule has 2 aliphatic rings. The Bertz CT molecular complexity index is 205. The minimum Gasteiger partial charge on any atom is -0.391 e. The molecule has 0 spiro atoms. The third-order valence-electron chi connectivity index (χ3n) is 4.06. The van der Waals surface area contributed by atoms with Crippen molar-refractivity contribution in [3.05, 3.63) is 0 Å². The number of rotatable bonds is 1. The van der Waals surface area contributed by atoms with Gasteiger partial charge in [-0.3, -0.25) is 0 Å². The zero-order chi connectivity index (χ0) is 10.3. The Balaban J connectivity index is 2.11. The molecule has 0 amide bonds. The van der Waals surface area contributed by atoms with Gasteiger partial charge in [-0.05, 0) is 38.3 Å². The molecule has 14 heavy (non-hydrogen) atoms. The first-order valence-corrected chi connectivity index (χ1v) is 5.53. The van der Waals surface area contributed by atoms with Gasteiger partial charge in [0.1, 0.15) is 0 Å². The van der Waals surface area contributed by atoms with E-state index in [4.69, 9.17) is 4.74 Å². The fraction of sp³-hybridized carbons (Fsp3) is 1.00. The van der Waals surface area contributed by atoms with E-state index in [1.54, 1.807) is 0 Å². The van der Waals surface area contributed by atoms with Crippen LogP contribution in [0.5, 0.6) is 0 Å². The molecule has 0 aromatic carbocycles. The maximum absolute atomic E-state index is 10.2. The van der Waals surface area contributed by atoms with Crippen LogP contribution in [0.3, 0.4) is 0 Å². The molecular weight excluding hydrogens is 178 g/mol. The number of fused-ring (bicyclic) bond motifs is 1. The lowest BCUT2D eigenvalue weighted by molar-refractivity contribution is -0.0341. The summed E-state index contributed by atoms with van der Waals surface area (Å²) in [6, 6.07) is 0.313. The van der Waals surface area contributed by atoms with E-state index in [0.29, 0.717) is 23.8 Å². The van der Waals surface area contributed by atoms with Crippen molar-refractivity contribution in [2.75, 3.05) is 27.3 Å². The summed E-state index contributed by atoms with van der Waals surface area (Å²) in [6.45, 7) is 3.90. The summed E-state index contributed by atoms with van der Waals surface area (Å²) in [7, 11) is 4.10. The normalized spacial score (nSPS) is 48.2. The van der Waals surface area contributed by atoms with Crippen LogP contribution in [0.15, 0.2) is 0 Å². The second kappa shape index (κ2) is 3.80. The largest absolute Gasteiger partial charge is 0.391 e. The molecule has 3 nitrogen and oxygen atoms in total. The summed E-state index contributed by atoms with van der Waals surface area (Å²) in [6.07, 6.45) is 0.899. The first-order chi connectivity index (χ1) is 6.61. The number of nitrogens with zero attached hydrogens (tertiary/aromatic N) is 1. The molecule has 0 bridgehead atoms. The Hall–Kier alpha value is -0.120. The molecule has 1 aliphatic carbocycles. The highest BCUT2D eigenvalue weighted by atomic mass is 16.5.